The molecule has 0 saturated carbocycles. The van der Waals surface area contributed by atoms with Crippen molar-refractivity contribution in [1.82, 2.24) is 19.7 Å². The minimum Gasteiger partial charge on any atom is -0.368 e. The Labute approximate surface area is 146 Å². The zero-order chi connectivity index (χ0) is 16.8. The van der Waals surface area contributed by atoms with E-state index in [4.69, 9.17) is 15.2 Å². The van der Waals surface area contributed by atoms with E-state index < -0.39 is 0 Å². The lowest BCUT2D eigenvalue weighted by Crippen LogP contribution is -2.22. The van der Waals surface area contributed by atoms with E-state index >= 15 is 0 Å². The molecule has 0 spiro atoms. The minimum atomic E-state index is -0.0869. The van der Waals surface area contributed by atoms with Gasteiger partial charge in [-0.05, 0) is 24.3 Å². The third-order valence-corrected chi connectivity index (χ3v) is 5.02. The third-order valence-electron chi connectivity index (χ3n) is 4.01. The second-order valence-electron chi connectivity index (χ2n) is 5.66. The molecular weight excluding hydrogens is 340 g/mol. The first-order valence-electron chi connectivity index (χ1n) is 7.75. The van der Waals surface area contributed by atoms with Gasteiger partial charge >= 0.3 is 0 Å². The smallest absolute Gasteiger partial charge is 0.248 e. The third kappa shape index (κ3) is 2.58. The SMILES string of the molecule is Nc1nc(NC2=CC3OCOC3C=C2)nn1-c1nc2ccccc2s1. The van der Waals surface area contributed by atoms with Crippen molar-refractivity contribution in [2.24, 2.45) is 0 Å². The molecule has 3 aromatic rings. The molecule has 1 fully saturated rings. The summed E-state index contributed by atoms with van der Waals surface area (Å²) in [4.78, 5) is 8.83. The van der Waals surface area contributed by atoms with E-state index in [9.17, 15) is 0 Å². The van der Waals surface area contributed by atoms with Crippen LogP contribution in [0.1, 0.15) is 0 Å². The molecule has 2 aromatic heterocycles. The zero-order valence-electron chi connectivity index (χ0n) is 13.0. The molecule has 1 aromatic carbocycles. The van der Waals surface area contributed by atoms with Gasteiger partial charge in [-0.1, -0.05) is 29.5 Å². The normalized spacial score (nSPS) is 22.2. The first-order valence-corrected chi connectivity index (χ1v) is 8.57. The van der Waals surface area contributed by atoms with E-state index in [1.807, 2.05) is 42.5 Å². The van der Waals surface area contributed by atoms with Gasteiger partial charge in [0, 0.05) is 5.70 Å². The van der Waals surface area contributed by atoms with Crippen LogP contribution < -0.4 is 11.1 Å². The highest BCUT2D eigenvalue weighted by atomic mass is 32.1. The van der Waals surface area contributed by atoms with Gasteiger partial charge in [0.2, 0.25) is 17.0 Å². The molecular formula is C16H14N6O2S. The summed E-state index contributed by atoms with van der Waals surface area (Å²) in [7, 11) is 0. The summed E-state index contributed by atoms with van der Waals surface area (Å²) in [5, 5.41) is 8.26. The van der Waals surface area contributed by atoms with Crippen molar-refractivity contribution in [3.63, 3.8) is 0 Å². The number of ether oxygens (including phenoxy) is 2. The molecule has 25 heavy (non-hydrogen) atoms. The number of benzene rings is 1. The van der Waals surface area contributed by atoms with E-state index in [0.717, 1.165) is 15.9 Å². The van der Waals surface area contributed by atoms with E-state index in [0.29, 0.717) is 17.9 Å². The molecule has 9 heteroatoms. The van der Waals surface area contributed by atoms with Crippen LogP contribution in [0, 0.1) is 0 Å². The fourth-order valence-corrected chi connectivity index (χ4v) is 3.73. The lowest BCUT2D eigenvalue weighted by molar-refractivity contribution is 0.0503. The highest BCUT2D eigenvalue weighted by Crippen LogP contribution is 2.27. The fraction of sp³-hybridized carbons (Fsp3) is 0.188. The molecule has 5 rings (SSSR count). The van der Waals surface area contributed by atoms with E-state index in [-0.39, 0.29) is 18.2 Å². The Kier molecular flexibility index (Phi) is 3.30. The number of aromatic nitrogens is 4. The van der Waals surface area contributed by atoms with Crippen molar-refractivity contribution in [2.45, 2.75) is 12.2 Å². The Morgan fingerprint density at radius 3 is 3.00 bits per heavy atom. The van der Waals surface area contributed by atoms with Crippen molar-refractivity contribution in [2.75, 3.05) is 17.8 Å². The molecule has 3 N–H and O–H groups in total. The predicted molar refractivity (Wildman–Crippen MR) is 94.4 cm³/mol. The summed E-state index contributed by atoms with van der Waals surface area (Å²) in [5.74, 6) is 0.685. The molecule has 2 atom stereocenters. The van der Waals surface area contributed by atoms with Gasteiger partial charge in [-0.25, -0.2) is 4.98 Å². The molecule has 3 heterocycles. The van der Waals surface area contributed by atoms with Crippen LogP contribution in [0.3, 0.4) is 0 Å². The number of nitrogens with two attached hydrogens (primary N) is 1. The van der Waals surface area contributed by atoms with Gasteiger partial charge in [-0.15, -0.1) is 5.10 Å². The van der Waals surface area contributed by atoms with Crippen LogP contribution >= 0.6 is 11.3 Å². The van der Waals surface area contributed by atoms with Crippen molar-refractivity contribution < 1.29 is 9.47 Å². The summed E-state index contributed by atoms with van der Waals surface area (Å²) in [5.41, 5.74) is 7.77. The standard InChI is InChI=1S/C16H14N6O2S/c17-14-20-15(18-9-5-6-11-12(7-9)24-8-23-11)21-22(14)16-19-10-3-1-2-4-13(10)25-16/h1-7,11-12H,8H2,(H3,17,18,20,21). The van der Waals surface area contributed by atoms with Gasteiger partial charge in [0.05, 0.1) is 10.2 Å². The number of rotatable bonds is 3. The van der Waals surface area contributed by atoms with Gasteiger partial charge < -0.3 is 20.5 Å². The van der Waals surface area contributed by atoms with E-state index in [1.54, 1.807) is 0 Å². The van der Waals surface area contributed by atoms with Crippen LogP contribution in [0.4, 0.5) is 11.9 Å². The molecule has 0 radical (unpaired) electrons. The Morgan fingerprint density at radius 2 is 2.08 bits per heavy atom. The predicted octanol–water partition coefficient (Wildman–Crippen LogP) is 2.07. The molecule has 1 aliphatic heterocycles. The van der Waals surface area contributed by atoms with Gasteiger partial charge in [-0.2, -0.15) is 9.67 Å². The van der Waals surface area contributed by atoms with Crippen molar-refractivity contribution in [3.8, 4) is 5.13 Å². The molecule has 0 bridgehead atoms. The number of hydrogen-bond acceptors (Lipinski definition) is 8. The minimum absolute atomic E-state index is 0.0242. The highest BCUT2D eigenvalue weighted by molar-refractivity contribution is 7.20. The van der Waals surface area contributed by atoms with Crippen LogP contribution in [-0.2, 0) is 9.47 Å². The monoisotopic (exact) mass is 354 g/mol. The van der Waals surface area contributed by atoms with Crippen LogP contribution in [0.2, 0.25) is 0 Å². The van der Waals surface area contributed by atoms with Crippen molar-refractivity contribution in [1.29, 1.82) is 0 Å². The van der Waals surface area contributed by atoms with Crippen LogP contribution in [0.15, 0.2) is 48.2 Å². The topological polar surface area (TPSA) is 100 Å². The Morgan fingerprint density at radius 1 is 1.20 bits per heavy atom. The zero-order valence-corrected chi connectivity index (χ0v) is 13.8. The number of nitrogen functional groups attached to an aromatic ring is 1. The maximum atomic E-state index is 6.02. The summed E-state index contributed by atoms with van der Waals surface area (Å²) in [6.07, 6.45) is 5.71. The fourth-order valence-electron chi connectivity index (χ4n) is 2.81. The number of allylic oxidation sites excluding steroid dienone is 1. The summed E-state index contributed by atoms with van der Waals surface area (Å²) < 4.78 is 13.5. The molecule has 1 saturated heterocycles. The molecule has 1 aliphatic carbocycles. The molecule has 2 aliphatic rings. The average molecular weight is 354 g/mol. The molecule has 126 valence electrons. The van der Waals surface area contributed by atoms with E-state index in [1.165, 1.54) is 16.0 Å². The maximum Gasteiger partial charge on any atom is 0.248 e. The maximum absolute atomic E-state index is 6.02. The second-order valence-corrected chi connectivity index (χ2v) is 6.67. The lowest BCUT2D eigenvalue weighted by Gasteiger charge is -2.16. The number of fused-ring (bicyclic) bond motifs is 2. The highest BCUT2D eigenvalue weighted by Gasteiger charge is 2.28. The van der Waals surface area contributed by atoms with Gasteiger partial charge in [-0.3, -0.25) is 0 Å². The second kappa shape index (κ2) is 5.66. The van der Waals surface area contributed by atoms with Gasteiger partial charge in [0.25, 0.3) is 0 Å². The van der Waals surface area contributed by atoms with Crippen LogP contribution in [0.25, 0.3) is 15.3 Å². The summed E-state index contributed by atoms with van der Waals surface area (Å²) >= 11 is 1.51. The van der Waals surface area contributed by atoms with Crippen molar-refractivity contribution >= 4 is 33.5 Å². The quantitative estimate of drug-likeness (QED) is 0.742. The molecule has 0 amide bonds. The first-order chi connectivity index (χ1) is 12.3. The molecule has 2 unspecified atom stereocenters. The number of nitrogens with one attached hydrogen (secondary N) is 1. The number of thiazole rings is 1. The summed E-state index contributed by atoms with van der Waals surface area (Å²) in [6.45, 7) is 0.306. The Bertz CT molecular complexity index is 974. The lowest BCUT2D eigenvalue weighted by atomic mass is 10.1. The van der Waals surface area contributed by atoms with E-state index in [2.05, 4.69) is 20.4 Å². The van der Waals surface area contributed by atoms with Gasteiger partial charge in [0.15, 0.2) is 0 Å². The number of nitrogens with zero attached hydrogens (tertiary/aromatic N) is 4. The Hall–Kier alpha value is -2.75. The summed E-state index contributed by atoms with van der Waals surface area (Å²) in [6, 6.07) is 7.90. The number of anilines is 2. The largest absolute Gasteiger partial charge is 0.368 e. The first kappa shape index (κ1) is 14.6. The number of para-hydroxylation sites is 1. The Balaban J connectivity index is 1.43. The van der Waals surface area contributed by atoms with Crippen LogP contribution in [0.5, 0.6) is 0 Å². The van der Waals surface area contributed by atoms with Crippen molar-refractivity contribution in [3.05, 3.63) is 48.2 Å². The van der Waals surface area contributed by atoms with Crippen LogP contribution in [-0.4, -0.2) is 38.7 Å². The van der Waals surface area contributed by atoms with Gasteiger partial charge in [0.1, 0.15) is 19.0 Å². The molecule has 8 nitrogen and oxygen atoms in total. The number of hydrogen-bond donors (Lipinski definition) is 2. The average Bonchev–Trinajstić information content (AvgIpc) is 3.31.